The van der Waals surface area contributed by atoms with Crippen LogP contribution in [0.3, 0.4) is 0 Å². The van der Waals surface area contributed by atoms with Crippen molar-refractivity contribution >= 4 is 48.5 Å². The van der Waals surface area contributed by atoms with E-state index in [2.05, 4.69) is 22.6 Å². The van der Waals surface area contributed by atoms with Gasteiger partial charge in [0.25, 0.3) is 5.91 Å². The van der Waals surface area contributed by atoms with Gasteiger partial charge < -0.3 is 23.8 Å². The smallest absolute Gasteiger partial charge is 0.264 e. The zero-order valence-corrected chi connectivity index (χ0v) is 24.7. The highest BCUT2D eigenvalue weighted by Gasteiger charge is 2.67. The lowest BCUT2D eigenvalue weighted by atomic mass is 9.82. The predicted molar refractivity (Wildman–Crippen MR) is 151 cm³/mol. The molecule has 198 valence electrons. The minimum Gasteiger partial charge on any atom is -0.394 e. The number of nitrogens with zero attached hydrogens (tertiary/aromatic N) is 2. The summed E-state index contributed by atoms with van der Waals surface area (Å²) in [4.78, 5) is 31.2. The van der Waals surface area contributed by atoms with Crippen LogP contribution in [0.1, 0.15) is 37.3 Å². The van der Waals surface area contributed by atoms with Crippen LogP contribution in [0, 0.1) is 9.49 Å². The number of anilines is 1. The Morgan fingerprint density at radius 2 is 1.97 bits per heavy atom. The van der Waals surface area contributed by atoms with E-state index in [4.69, 9.17) is 4.74 Å². The van der Waals surface area contributed by atoms with Crippen molar-refractivity contribution in [1.82, 2.24) is 4.90 Å². The number of hydrogen-bond acceptors (Lipinski definition) is 4. The molecule has 3 aliphatic rings. The van der Waals surface area contributed by atoms with Gasteiger partial charge in [-0.05, 0) is 72.3 Å². The third kappa shape index (κ3) is 4.55. The number of aliphatic hydroxyl groups excluding tert-OH is 1. The molecular formula is C28H34FIN2O4Si. The van der Waals surface area contributed by atoms with E-state index in [0.717, 1.165) is 33.2 Å². The van der Waals surface area contributed by atoms with Crippen molar-refractivity contribution < 1.29 is 23.5 Å². The minimum absolute atomic E-state index is 0.0127. The topological polar surface area (TPSA) is 70.1 Å². The molecule has 0 aliphatic carbocycles. The molecule has 2 amide bonds. The van der Waals surface area contributed by atoms with Gasteiger partial charge in [-0.3, -0.25) is 9.59 Å². The summed E-state index contributed by atoms with van der Waals surface area (Å²) < 4.78 is 23.7. The average molecular weight is 637 g/mol. The van der Waals surface area contributed by atoms with E-state index in [9.17, 15) is 14.7 Å². The summed E-state index contributed by atoms with van der Waals surface area (Å²) in [6.07, 6.45) is 0.910. The molecule has 0 aromatic heterocycles. The van der Waals surface area contributed by atoms with E-state index in [1.165, 1.54) is 0 Å². The summed E-state index contributed by atoms with van der Waals surface area (Å²) in [5.41, 5.74) is 0.678. The first kappa shape index (κ1) is 26.8. The van der Waals surface area contributed by atoms with E-state index in [-0.39, 0.29) is 30.9 Å². The Bertz CT molecular complexity index is 1190. The van der Waals surface area contributed by atoms with Gasteiger partial charge in [-0.25, -0.2) is 0 Å². The summed E-state index contributed by atoms with van der Waals surface area (Å²) >= 11 is 2.23. The molecule has 3 heterocycles. The second-order valence-corrected chi connectivity index (χ2v) is 16.1. The van der Waals surface area contributed by atoms with Crippen LogP contribution in [0.25, 0.3) is 0 Å². The Morgan fingerprint density at radius 3 is 2.65 bits per heavy atom. The van der Waals surface area contributed by atoms with Gasteiger partial charge in [-0.1, -0.05) is 37.3 Å². The van der Waals surface area contributed by atoms with E-state index in [1.807, 2.05) is 55.5 Å². The second-order valence-electron chi connectivity index (χ2n) is 11.1. The van der Waals surface area contributed by atoms with E-state index in [1.54, 1.807) is 22.9 Å². The zero-order chi connectivity index (χ0) is 26.5. The molecule has 9 heteroatoms. The summed E-state index contributed by atoms with van der Waals surface area (Å²) in [6, 6.07) is 15.5. The molecule has 2 aromatic carbocycles. The number of aliphatic hydroxyl groups is 1. The lowest BCUT2D eigenvalue weighted by molar-refractivity contribution is -0.150. The molecule has 1 spiro atoms. The first-order valence-corrected chi connectivity index (χ1v) is 17.0. The maximum Gasteiger partial charge on any atom is 0.264 e. The molecule has 5 atom stereocenters. The molecule has 2 fully saturated rings. The van der Waals surface area contributed by atoms with Crippen LogP contribution in [0.2, 0.25) is 18.6 Å². The quantitative estimate of drug-likeness (QED) is 0.276. The number of hydrogen-bond donors (Lipinski definition) is 1. The first-order chi connectivity index (χ1) is 17.6. The Hall–Kier alpha value is -1.82. The van der Waals surface area contributed by atoms with Crippen molar-refractivity contribution in [2.24, 2.45) is 5.92 Å². The second kappa shape index (κ2) is 10.1. The highest BCUT2D eigenvalue weighted by Crippen LogP contribution is 2.60. The van der Waals surface area contributed by atoms with Gasteiger partial charge in [0.1, 0.15) is 0 Å². The Kier molecular flexibility index (Phi) is 7.27. The summed E-state index contributed by atoms with van der Waals surface area (Å²) in [7, 11) is -3.35. The van der Waals surface area contributed by atoms with Crippen LogP contribution >= 0.6 is 22.6 Å². The van der Waals surface area contributed by atoms with E-state index >= 15 is 4.11 Å². The number of carbonyl (C=O) groups is 2. The number of likely N-dealkylation sites (tertiary alicyclic amines) is 1. The van der Waals surface area contributed by atoms with Crippen LogP contribution in [0.5, 0.6) is 0 Å². The molecule has 37 heavy (non-hydrogen) atoms. The summed E-state index contributed by atoms with van der Waals surface area (Å²) in [6.45, 7) is 6.12. The Morgan fingerprint density at radius 1 is 1.24 bits per heavy atom. The molecule has 6 nitrogen and oxygen atoms in total. The van der Waals surface area contributed by atoms with E-state index < -0.39 is 31.6 Å². The molecule has 0 unspecified atom stereocenters. The van der Waals surface area contributed by atoms with Crippen LogP contribution < -0.4 is 4.90 Å². The van der Waals surface area contributed by atoms with Gasteiger partial charge in [-0.2, -0.15) is 0 Å². The number of amides is 2. The summed E-state index contributed by atoms with van der Waals surface area (Å²) in [5, 5.41) is 9.73. The van der Waals surface area contributed by atoms with Crippen LogP contribution in [0.4, 0.5) is 9.80 Å². The van der Waals surface area contributed by atoms with Crippen LogP contribution in [0.15, 0.2) is 48.5 Å². The molecule has 5 rings (SSSR count). The molecule has 1 N–H and O–H groups in total. The normalized spacial score (nSPS) is 29.4. The molecule has 3 aliphatic heterocycles. The van der Waals surface area contributed by atoms with E-state index in [0.29, 0.717) is 13.1 Å². The Balaban J connectivity index is 1.54. The van der Waals surface area contributed by atoms with Gasteiger partial charge in [0.2, 0.25) is 14.3 Å². The highest BCUT2D eigenvalue weighted by atomic mass is 127. The van der Waals surface area contributed by atoms with Gasteiger partial charge >= 0.3 is 0 Å². The summed E-state index contributed by atoms with van der Waals surface area (Å²) in [5.74, 6) is -0.758. The maximum absolute atomic E-state index is 16.0. The average Bonchev–Trinajstić information content (AvgIpc) is 3.50. The minimum atomic E-state index is -3.35. The van der Waals surface area contributed by atoms with Gasteiger partial charge in [0.05, 0.1) is 37.4 Å². The third-order valence-electron chi connectivity index (χ3n) is 8.39. The third-order valence-corrected chi connectivity index (χ3v) is 11.5. The van der Waals surface area contributed by atoms with Crippen molar-refractivity contribution in [1.29, 1.82) is 0 Å². The highest BCUT2D eigenvalue weighted by molar-refractivity contribution is 14.1. The van der Waals surface area contributed by atoms with Gasteiger partial charge in [0.15, 0.2) is 5.60 Å². The molecule has 2 saturated heterocycles. The number of halogens is 2. The number of benzene rings is 2. The number of rotatable bonds is 6. The Labute approximate surface area is 232 Å². The van der Waals surface area contributed by atoms with Crippen molar-refractivity contribution in [3.05, 3.63) is 63.2 Å². The predicted octanol–water partition coefficient (Wildman–Crippen LogP) is 4.99. The monoisotopic (exact) mass is 636 g/mol. The fourth-order valence-electron chi connectivity index (χ4n) is 6.79. The SMILES string of the molecule is C[C@@H]1[C@@H]([Si](C)(C)F)[C@H](CC(=O)N2CCC[C@H]2CO)O[C@@]12C(=O)N(Cc1ccccc1)c1ccc(I)cc12. The number of fused-ring (bicyclic) bond motifs is 2. The van der Waals surface area contributed by atoms with Crippen molar-refractivity contribution in [2.45, 2.75) is 69.1 Å². The molecule has 0 bridgehead atoms. The lowest BCUT2D eigenvalue weighted by Crippen LogP contribution is -2.45. The fraction of sp³-hybridized carbons (Fsp3) is 0.500. The zero-order valence-electron chi connectivity index (χ0n) is 21.5. The number of carbonyl (C=O) groups excluding carboxylic acids is 2. The van der Waals surface area contributed by atoms with Crippen LogP contribution in [-0.2, 0) is 26.5 Å². The van der Waals surface area contributed by atoms with Gasteiger partial charge in [-0.15, -0.1) is 0 Å². The van der Waals surface area contributed by atoms with Crippen molar-refractivity contribution in [3.8, 4) is 0 Å². The molecular weight excluding hydrogens is 602 g/mol. The largest absolute Gasteiger partial charge is 0.394 e. The van der Waals surface area contributed by atoms with Crippen molar-refractivity contribution in [2.75, 3.05) is 18.1 Å². The maximum atomic E-state index is 16.0. The standard InChI is InChI=1S/C28H34FIN2O4Si/c1-18-26(37(2,3)29)24(15-25(34)31-13-7-10-21(31)17-33)36-28(18)22-14-20(30)11-12-23(22)32(27(28)35)16-19-8-5-4-6-9-19/h4-6,8-9,11-12,14,18,21,24,26,33H,7,10,13,15-17H2,1-3H3/t18-,21+,24+,26-,28+/m1/s1. The molecule has 2 aromatic rings. The number of ether oxygens (including phenoxy) is 1. The van der Waals surface area contributed by atoms with Gasteiger partial charge in [0, 0.05) is 27.1 Å². The van der Waals surface area contributed by atoms with Crippen molar-refractivity contribution in [3.63, 3.8) is 0 Å². The first-order valence-electron chi connectivity index (χ1n) is 13.0. The lowest BCUT2D eigenvalue weighted by Gasteiger charge is -2.31. The fourth-order valence-corrected chi connectivity index (χ4v) is 9.77. The molecule has 0 saturated carbocycles. The van der Waals surface area contributed by atoms with Crippen LogP contribution in [-0.4, -0.2) is 55.5 Å². The molecule has 0 radical (unpaired) electrons.